The number of hydrogen-bond donors (Lipinski definition) is 2. The summed E-state index contributed by atoms with van der Waals surface area (Å²) in [5.74, 6) is 2.23. The van der Waals surface area contributed by atoms with Gasteiger partial charge in [-0.2, -0.15) is 0 Å². The molecule has 2 N–H and O–H groups in total. The molecule has 0 aromatic rings. The Labute approximate surface area is 266 Å². The van der Waals surface area contributed by atoms with Crippen LogP contribution >= 0.6 is 0 Å². The highest BCUT2D eigenvalue weighted by Gasteiger charge is 2.80. The van der Waals surface area contributed by atoms with Gasteiger partial charge in [-0.25, -0.2) is 0 Å². The predicted molar refractivity (Wildman–Crippen MR) is 169 cm³/mol. The first-order chi connectivity index (χ1) is 20.7. The van der Waals surface area contributed by atoms with Crippen molar-refractivity contribution < 1.29 is 29.2 Å². The molecule has 7 nitrogen and oxygen atoms in total. The molecule has 7 fully saturated rings. The number of hydrogen-bond acceptors (Lipinski definition) is 6. The van der Waals surface area contributed by atoms with Gasteiger partial charge in [-0.1, -0.05) is 41.5 Å². The van der Waals surface area contributed by atoms with E-state index in [-0.39, 0.29) is 35.7 Å². The van der Waals surface area contributed by atoms with Crippen LogP contribution in [0, 0.1) is 50.7 Å². The molecule has 0 radical (unpaired) electrons. The van der Waals surface area contributed by atoms with Gasteiger partial charge in [-0.3, -0.25) is 9.69 Å². The summed E-state index contributed by atoms with van der Waals surface area (Å²) in [6.07, 6.45) is 13.5. The Morgan fingerprint density at radius 1 is 1.00 bits per heavy atom. The van der Waals surface area contributed by atoms with E-state index in [0.717, 1.165) is 44.3 Å². The third kappa shape index (κ3) is 4.87. The lowest BCUT2D eigenvalue weighted by Gasteiger charge is -2.60. The van der Waals surface area contributed by atoms with Crippen LogP contribution in [0.25, 0.3) is 0 Å². The third-order valence-corrected chi connectivity index (χ3v) is 15.1. The van der Waals surface area contributed by atoms with Crippen LogP contribution in [0.5, 0.6) is 0 Å². The summed E-state index contributed by atoms with van der Waals surface area (Å²) in [5, 5.41) is 20.1. The van der Waals surface area contributed by atoms with E-state index in [9.17, 15) is 9.90 Å². The lowest BCUT2D eigenvalue weighted by atomic mass is 9.46. The maximum Gasteiger partial charge on any atom is 0.303 e. The van der Waals surface area contributed by atoms with Gasteiger partial charge in [0.05, 0.1) is 31.0 Å². The van der Waals surface area contributed by atoms with Crippen LogP contribution < -0.4 is 0 Å². The van der Waals surface area contributed by atoms with E-state index in [1.807, 2.05) is 0 Å². The fourth-order valence-electron chi connectivity index (χ4n) is 12.9. The largest absolute Gasteiger partial charge is 0.481 e. The molecule has 7 heteroatoms. The highest BCUT2D eigenvalue weighted by molar-refractivity contribution is 5.66. The van der Waals surface area contributed by atoms with Crippen molar-refractivity contribution in [1.82, 2.24) is 4.90 Å². The van der Waals surface area contributed by atoms with Gasteiger partial charge in [-0.15, -0.1) is 0 Å². The number of ether oxygens (including phenoxy) is 3. The summed E-state index contributed by atoms with van der Waals surface area (Å²) >= 11 is 0. The van der Waals surface area contributed by atoms with Gasteiger partial charge in [0.1, 0.15) is 0 Å². The van der Waals surface area contributed by atoms with Crippen molar-refractivity contribution in [1.29, 1.82) is 0 Å². The molecule has 7 rings (SSSR count). The molecule has 7 aliphatic rings. The van der Waals surface area contributed by atoms with Crippen molar-refractivity contribution in [3.63, 3.8) is 0 Å². The minimum Gasteiger partial charge on any atom is -0.481 e. The Kier molecular flexibility index (Phi) is 7.89. The third-order valence-electron chi connectivity index (χ3n) is 15.1. The van der Waals surface area contributed by atoms with Crippen molar-refractivity contribution >= 4 is 5.97 Å². The quantitative estimate of drug-likeness (QED) is 0.338. The van der Waals surface area contributed by atoms with Crippen molar-refractivity contribution in [2.45, 2.75) is 149 Å². The predicted octanol–water partition coefficient (Wildman–Crippen LogP) is 6.51. The normalized spacial score (nSPS) is 48.7. The first-order valence-corrected chi connectivity index (χ1v) is 18.3. The maximum absolute atomic E-state index is 11.1. The second kappa shape index (κ2) is 10.9. The molecule has 0 bridgehead atoms. The highest BCUT2D eigenvalue weighted by atomic mass is 16.7. The zero-order chi connectivity index (χ0) is 31.3. The van der Waals surface area contributed by atoms with Gasteiger partial charge < -0.3 is 24.4 Å². The van der Waals surface area contributed by atoms with Crippen LogP contribution in [-0.4, -0.2) is 78.0 Å². The van der Waals surface area contributed by atoms with Crippen molar-refractivity contribution in [3.8, 4) is 0 Å². The first kappa shape index (κ1) is 31.8. The average molecular weight is 616 g/mol. The number of aliphatic carboxylic acids is 1. The van der Waals surface area contributed by atoms with E-state index in [4.69, 9.17) is 19.3 Å². The Bertz CT molecular complexity index is 1100. The summed E-state index contributed by atoms with van der Waals surface area (Å²) in [7, 11) is 0. The summed E-state index contributed by atoms with van der Waals surface area (Å²) < 4.78 is 19.8. The zero-order valence-electron chi connectivity index (χ0n) is 28.5. The van der Waals surface area contributed by atoms with Crippen LogP contribution in [0.4, 0.5) is 0 Å². The molecule has 0 amide bonds. The number of aliphatic hydroxyl groups excluding tert-OH is 1. The molecular formula is C37H61NO6. The Balaban J connectivity index is 1.02. The molecule has 2 spiro atoms. The molecule has 5 aliphatic carbocycles. The van der Waals surface area contributed by atoms with Crippen molar-refractivity contribution in [3.05, 3.63) is 0 Å². The van der Waals surface area contributed by atoms with Crippen molar-refractivity contribution in [2.75, 3.05) is 26.2 Å². The summed E-state index contributed by atoms with van der Waals surface area (Å²) in [6.45, 7) is 17.1. The van der Waals surface area contributed by atoms with E-state index in [2.05, 4.69) is 46.4 Å². The van der Waals surface area contributed by atoms with Gasteiger partial charge in [0.2, 0.25) is 0 Å². The minimum atomic E-state index is -0.719. The van der Waals surface area contributed by atoms with E-state index in [0.29, 0.717) is 47.2 Å². The molecule has 5 saturated carbocycles. The lowest BCUT2D eigenvalue weighted by Crippen LogP contribution is -2.56. The molecule has 250 valence electrons. The molecule has 9 unspecified atom stereocenters. The fraction of sp³-hybridized carbons (Fsp3) is 0.973. The SMILES string of the molecule is CC12CCC34C[C@@]35CC[C@H](OC3CN(CCCC(=O)O)CCO3)C(C)(C)C5CCC4C1CC1OC([C@H](O)C(C)(C)C)CCC12. The Morgan fingerprint density at radius 2 is 1.77 bits per heavy atom. The molecule has 2 saturated heterocycles. The summed E-state index contributed by atoms with van der Waals surface area (Å²) in [4.78, 5) is 13.3. The second-order valence-corrected chi connectivity index (χ2v) is 18.4. The van der Waals surface area contributed by atoms with Gasteiger partial charge in [-0.05, 0) is 128 Å². The van der Waals surface area contributed by atoms with Crippen LogP contribution in [0.3, 0.4) is 0 Å². The van der Waals surface area contributed by atoms with Gasteiger partial charge in [0.15, 0.2) is 6.29 Å². The van der Waals surface area contributed by atoms with Crippen molar-refractivity contribution in [2.24, 2.45) is 50.7 Å². The summed E-state index contributed by atoms with van der Waals surface area (Å²) in [6, 6.07) is 0. The topological polar surface area (TPSA) is 88.5 Å². The van der Waals surface area contributed by atoms with E-state index in [1.54, 1.807) is 0 Å². The minimum absolute atomic E-state index is 0.0157. The number of carboxylic acid groups (broad SMARTS) is 1. The van der Waals surface area contributed by atoms with Crippen LogP contribution in [0.2, 0.25) is 0 Å². The first-order valence-electron chi connectivity index (χ1n) is 18.3. The van der Waals surface area contributed by atoms with E-state index < -0.39 is 12.1 Å². The number of morpholine rings is 1. The van der Waals surface area contributed by atoms with Crippen LogP contribution in [0.1, 0.15) is 119 Å². The molecule has 2 aliphatic heterocycles. The fourth-order valence-corrected chi connectivity index (χ4v) is 12.9. The summed E-state index contributed by atoms with van der Waals surface area (Å²) in [5.41, 5.74) is 1.36. The smallest absolute Gasteiger partial charge is 0.303 e. The molecule has 12 atom stereocenters. The molecule has 44 heavy (non-hydrogen) atoms. The molecule has 2 heterocycles. The molecule has 0 aromatic heterocycles. The van der Waals surface area contributed by atoms with Gasteiger partial charge in [0.25, 0.3) is 0 Å². The molecular weight excluding hydrogens is 554 g/mol. The number of aliphatic hydroxyl groups is 1. The standard InChI is InChI=1S/C37H61NO6/c1-33(2,3)32(41)26-11-9-24-27(43-26)20-25-23-10-12-28-34(4,5)29(13-14-37(28)22-36(23,37)16-15-35(24,25)6)44-31-21-38(18-19-42-31)17-7-8-30(39)40/h23-29,31-32,41H,7-22H2,1-6H3,(H,39,40)/t23?,24?,25?,26?,27?,28?,29-,31?,32-,35?,36?,37+/m0/s1. The number of nitrogens with zero attached hydrogens (tertiary/aromatic N) is 1. The highest BCUT2D eigenvalue weighted by Crippen LogP contribution is 2.87. The van der Waals surface area contributed by atoms with E-state index >= 15 is 0 Å². The zero-order valence-corrected chi connectivity index (χ0v) is 28.5. The molecule has 0 aromatic carbocycles. The number of fused-ring (bicyclic) bond motifs is 4. The lowest BCUT2D eigenvalue weighted by molar-refractivity contribution is -0.245. The van der Waals surface area contributed by atoms with E-state index in [1.165, 1.54) is 51.4 Å². The van der Waals surface area contributed by atoms with Gasteiger partial charge in [0, 0.05) is 19.5 Å². The van der Waals surface area contributed by atoms with Crippen LogP contribution in [-0.2, 0) is 19.0 Å². The second-order valence-electron chi connectivity index (χ2n) is 18.4. The monoisotopic (exact) mass is 615 g/mol. The Hall–Kier alpha value is -0.730. The maximum atomic E-state index is 11.1. The average Bonchev–Trinajstić information content (AvgIpc) is 3.53. The number of rotatable bonds is 7. The number of carbonyl (C=O) groups is 1. The number of carboxylic acids is 1. The van der Waals surface area contributed by atoms with Gasteiger partial charge >= 0.3 is 5.97 Å². The Morgan fingerprint density at radius 3 is 2.52 bits per heavy atom. The van der Waals surface area contributed by atoms with Crippen LogP contribution in [0.15, 0.2) is 0 Å².